The number of hydrogen-bond donors (Lipinski definition) is 1. The summed E-state index contributed by atoms with van der Waals surface area (Å²) in [6.45, 7) is 4.98. The minimum atomic E-state index is 0.491. The van der Waals surface area contributed by atoms with E-state index in [0.29, 0.717) is 10.7 Å². The van der Waals surface area contributed by atoms with Gasteiger partial charge in [-0.25, -0.2) is 0 Å². The summed E-state index contributed by atoms with van der Waals surface area (Å²) in [5, 5.41) is 0.491. The Balaban J connectivity index is 4.05. The van der Waals surface area contributed by atoms with Crippen LogP contribution in [0.5, 0.6) is 0 Å². The van der Waals surface area contributed by atoms with E-state index in [1.807, 2.05) is 0 Å². The number of nitrogens with two attached hydrogens (primary N) is 1. The van der Waals surface area contributed by atoms with Crippen molar-refractivity contribution in [1.29, 1.82) is 0 Å². The Kier molecular flexibility index (Phi) is 3.80. The van der Waals surface area contributed by atoms with E-state index in [9.17, 15) is 0 Å². The molecule has 9 heavy (non-hydrogen) atoms. The summed E-state index contributed by atoms with van der Waals surface area (Å²) in [6, 6.07) is 0. The van der Waals surface area contributed by atoms with Gasteiger partial charge < -0.3 is 5.73 Å². The number of halogens is 1. The standard InChI is InChI=1S/C6H9ClN2/c1-5(8)3-6(7)4-9-2/h3-4H,2,8H2,1H3/b5-3+,6-4+. The largest absolute Gasteiger partial charge is 0.402 e. The predicted molar refractivity (Wildman–Crippen MR) is 41.4 cm³/mol. The van der Waals surface area contributed by atoms with Crippen molar-refractivity contribution in [3.63, 3.8) is 0 Å². The Morgan fingerprint density at radius 3 is 2.67 bits per heavy atom. The molecule has 0 unspecified atom stereocenters. The number of allylic oxidation sites excluding steroid dienone is 3. The van der Waals surface area contributed by atoms with Crippen LogP contribution in [0.2, 0.25) is 0 Å². The summed E-state index contributed by atoms with van der Waals surface area (Å²) in [7, 11) is 0. The Labute approximate surface area is 59.7 Å². The molecule has 0 aliphatic carbocycles. The van der Waals surface area contributed by atoms with Crippen molar-refractivity contribution in [3.05, 3.63) is 23.0 Å². The van der Waals surface area contributed by atoms with Gasteiger partial charge >= 0.3 is 0 Å². The summed E-state index contributed by atoms with van der Waals surface area (Å²) in [5.41, 5.74) is 5.95. The van der Waals surface area contributed by atoms with Crippen molar-refractivity contribution >= 4 is 18.3 Å². The zero-order valence-corrected chi connectivity index (χ0v) is 6.02. The molecule has 0 atom stereocenters. The monoisotopic (exact) mass is 144 g/mol. The molecule has 0 saturated heterocycles. The topological polar surface area (TPSA) is 38.4 Å². The van der Waals surface area contributed by atoms with E-state index in [2.05, 4.69) is 11.7 Å². The first-order valence-corrected chi connectivity index (χ1v) is 2.80. The van der Waals surface area contributed by atoms with Crippen molar-refractivity contribution in [2.45, 2.75) is 6.92 Å². The van der Waals surface area contributed by atoms with Gasteiger partial charge in [-0.15, -0.1) is 0 Å². The molecule has 0 rings (SSSR count). The van der Waals surface area contributed by atoms with Crippen molar-refractivity contribution in [2.75, 3.05) is 0 Å². The highest BCUT2D eigenvalue weighted by Gasteiger charge is 1.82. The molecule has 0 aliphatic heterocycles. The van der Waals surface area contributed by atoms with E-state index in [1.165, 1.54) is 6.20 Å². The summed E-state index contributed by atoms with van der Waals surface area (Å²) in [4.78, 5) is 3.44. The number of rotatable bonds is 2. The maximum atomic E-state index is 5.55. The lowest BCUT2D eigenvalue weighted by molar-refractivity contribution is 1.31. The third-order valence-corrected chi connectivity index (χ3v) is 0.787. The van der Waals surface area contributed by atoms with Crippen LogP contribution < -0.4 is 5.73 Å². The van der Waals surface area contributed by atoms with Crippen LogP contribution in [0.1, 0.15) is 6.92 Å². The average molecular weight is 145 g/mol. The third kappa shape index (κ3) is 5.11. The van der Waals surface area contributed by atoms with E-state index < -0.39 is 0 Å². The van der Waals surface area contributed by atoms with Crippen LogP contribution in [-0.4, -0.2) is 6.72 Å². The van der Waals surface area contributed by atoms with Gasteiger partial charge in [0.2, 0.25) is 0 Å². The van der Waals surface area contributed by atoms with E-state index >= 15 is 0 Å². The molecule has 0 saturated carbocycles. The number of aliphatic imine (C=N–C) groups is 1. The maximum absolute atomic E-state index is 5.55. The second-order valence-corrected chi connectivity index (χ2v) is 2.02. The molecule has 0 aromatic heterocycles. The minimum absolute atomic E-state index is 0.491. The quantitative estimate of drug-likeness (QED) is 0.464. The zero-order valence-electron chi connectivity index (χ0n) is 5.26. The third-order valence-electron chi connectivity index (χ3n) is 0.580. The van der Waals surface area contributed by atoms with Gasteiger partial charge in [-0.05, 0) is 19.7 Å². The summed E-state index contributed by atoms with van der Waals surface area (Å²) < 4.78 is 0. The van der Waals surface area contributed by atoms with Crippen LogP contribution >= 0.6 is 11.6 Å². The maximum Gasteiger partial charge on any atom is 0.0605 e. The molecule has 50 valence electrons. The first-order chi connectivity index (χ1) is 4.16. The van der Waals surface area contributed by atoms with Crippen LogP contribution in [0.25, 0.3) is 0 Å². The molecule has 2 N–H and O–H groups in total. The highest BCUT2D eigenvalue weighted by Crippen LogP contribution is 2.03. The Bertz CT molecular complexity index is 154. The second-order valence-electron chi connectivity index (χ2n) is 1.58. The molecule has 0 bridgehead atoms. The Hall–Kier alpha value is -0.760. The van der Waals surface area contributed by atoms with Crippen LogP contribution in [0, 0.1) is 0 Å². The van der Waals surface area contributed by atoms with E-state index in [-0.39, 0.29) is 0 Å². The fraction of sp³-hybridized carbons (Fsp3) is 0.167. The molecule has 0 amide bonds. The first kappa shape index (κ1) is 8.24. The lowest BCUT2D eigenvalue weighted by Crippen LogP contribution is -1.88. The molecule has 0 aromatic carbocycles. The fourth-order valence-electron chi connectivity index (χ4n) is 0.342. The Morgan fingerprint density at radius 2 is 2.33 bits per heavy atom. The highest BCUT2D eigenvalue weighted by molar-refractivity contribution is 6.31. The van der Waals surface area contributed by atoms with Crippen molar-refractivity contribution in [3.8, 4) is 0 Å². The van der Waals surface area contributed by atoms with Crippen molar-refractivity contribution in [1.82, 2.24) is 0 Å². The average Bonchev–Trinajstić information content (AvgIpc) is 1.63. The molecule has 0 fully saturated rings. The summed E-state index contributed by atoms with van der Waals surface area (Å²) >= 11 is 5.55. The van der Waals surface area contributed by atoms with Crippen LogP contribution in [0.15, 0.2) is 28.0 Å². The molecule has 2 nitrogen and oxygen atoms in total. The van der Waals surface area contributed by atoms with Gasteiger partial charge in [-0.3, -0.25) is 4.99 Å². The SMILES string of the molecule is C=N/C=C(Cl)\C=C(/C)N. The Morgan fingerprint density at radius 1 is 1.78 bits per heavy atom. The molecule has 0 radical (unpaired) electrons. The van der Waals surface area contributed by atoms with Gasteiger partial charge in [-0.1, -0.05) is 11.6 Å². The molecule has 3 heteroatoms. The molecule has 0 spiro atoms. The molecular weight excluding hydrogens is 136 g/mol. The van der Waals surface area contributed by atoms with Crippen molar-refractivity contribution < 1.29 is 0 Å². The van der Waals surface area contributed by atoms with Gasteiger partial charge in [0.25, 0.3) is 0 Å². The lowest BCUT2D eigenvalue weighted by Gasteiger charge is -1.87. The van der Waals surface area contributed by atoms with Crippen LogP contribution in [0.3, 0.4) is 0 Å². The number of nitrogens with zero attached hydrogens (tertiary/aromatic N) is 1. The summed E-state index contributed by atoms with van der Waals surface area (Å²) in [5.74, 6) is 0. The minimum Gasteiger partial charge on any atom is -0.402 e. The lowest BCUT2D eigenvalue weighted by atomic mass is 10.4. The van der Waals surface area contributed by atoms with Gasteiger partial charge in [-0.2, -0.15) is 0 Å². The predicted octanol–water partition coefficient (Wildman–Crippen LogP) is 1.63. The normalized spacial score (nSPS) is 13.6. The van der Waals surface area contributed by atoms with Gasteiger partial charge in [0.05, 0.1) is 5.03 Å². The number of hydrogen-bond acceptors (Lipinski definition) is 2. The zero-order chi connectivity index (χ0) is 7.28. The highest BCUT2D eigenvalue weighted by atomic mass is 35.5. The van der Waals surface area contributed by atoms with Gasteiger partial charge in [0.15, 0.2) is 0 Å². The first-order valence-electron chi connectivity index (χ1n) is 2.42. The summed E-state index contributed by atoms with van der Waals surface area (Å²) in [6.07, 6.45) is 3.04. The van der Waals surface area contributed by atoms with Crippen LogP contribution in [0.4, 0.5) is 0 Å². The molecule has 0 heterocycles. The van der Waals surface area contributed by atoms with Crippen molar-refractivity contribution in [2.24, 2.45) is 10.7 Å². The van der Waals surface area contributed by atoms with Gasteiger partial charge in [0.1, 0.15) is 0 Å². The van der Waals surface area contributed by atoms with E-state index in [1.54, 1.807) is 13.0 Å². The fourth-order valence-corrected chi connectivity index (χ4v) is 0.583. The van der Waals surface area contributed by atoms with Gasteiger partial charge in [0, 0.05) is 11.9 Å². The molecular formula is C6H9ClN2. The van der Waals surface area contributed by atoms with E-state index in [0.717, 1.165) is 0 Å². The second kappa shape index (κ2) is 4.15. The van der Waals surface area contributed by atoms with Crippen LogP contribution in [-0.2, 0) is 0 Å². The smallest absolute Gasteiger partial charge is 0.0605 e. The molecule has 0 aliphatic rings. The molecule has 0 aromatic rings. The van der Waals surface area contributed by atoms with E-state index in [4.69, 9.17) is 17.3 Å².